The van der Waals surface area contributed by atoms with Crippen molar-refractivity contribution in [3.8, 4) is 0 Å². The first kappa shape index (κ1) is 16.4. The number of amides is 1. The van der Waals surface area contributed by atoms with Gasteiger partial charge in [-0.05, 0) is 25.0 Å². The molecule has 1 aliphatic heterocycles. The van der Waals surface area contributed by atoms with Crippen molar-refractivity contribution in [2.75, 3.05) is 26.8 Å². The van der Waals surface area contributed by atoms with Gasteiger partial charge < -0.3 is 15.0 Å². The quantitative estimate of drug-likeness (QED) is 0.878. The van der Waals surface area contributed by atoms with Gasteiger partial charge in [-0.25, -0.2) is 4.39 Å². The van der Waals surface area contributed by atoms with Gasteiger partial charge in [0.1, 0.15) is 12.4 Å². The fourth-order valence-corrected chi connectivity index (χ4v) is 2.80. The zero-order chi connectivity index (χ0) is 15.2. The Labute approximate surface area is 132 Å². The highest BCUT2D eigenvalue weighted by atomic mass is 79.9. The van der Waals surface area contributed by atoms with E-state index in [1.165, 1.54) is 13.2 Å². The van der Waals surface area contributed by atoms with Crippen LogP contribution in [0.3, 0.4) is 0 Å². The summed E-state index contributed by atoms with van der Waals surface area (Å²) in [5.41, 5.74) is 0.663. The minimum absolute atomic E-state index is 0.0369. The molecule has 0 spiro atoms. The van der Waals surface area contributed by atoms with Gasteiger partial charge in [-0.2, -0.15) is 0 Å². The summed E-state index contributed by atoms with van der Waals surface area (Å²) in [5.74, 6) is -0.167. The van der Waals surface area contributed by atoms with E-state index in [0.29, 0.717) is 18.2 Å². The van der Waals surface area contributed by atoms with E-state index in [2.05, 4.69) is 21.2 Å². The first-order chi connectivity index (χ1) is 10.1. The lowest BCUT2D eigenvalue weighted by Gasteiger charge is -2.32. The molecule has 1 amide bonds. The zero-order valence-corrected chi connectivity index (χ0v) is 13.7. The molecular weight excluding hydrogens is 339 g/mol. The Bertz CT molecular complexity index is 491. The Hall–Kier alpha value is -0.980. The molecule has 1 heterocycles. The van der Waals surface area contributed by atoms with Crippen LogP contribution in [-0.2, 0) is 16.1 Å². The second-order valence-electron chi connectivity index (χ2n) is 5.20. The molecule has 21 heavy (non-hydrogen) atoms. The molecule has 1 aromatic rings. The molecule has 0 aliphatic carbocycles. The van der Waals surface area contributed by atoms with E-state index in [0.717, 1.165) is 30.4 Å². The zero-order valence-electron chi connectivity index (χ0n) is 12.1. The van der Waals surface area contributed by atoms with Crippen LogP contribution in [-0.4, -0.2) is 43.7 Å². The van der Waals surface area contributed by atoms with Crippen molar-refractivity contribution < 1.29 is 13.9 Å². The summed E-state index contributed by atoms with van der Waals surface area (Å²) in [5, 5.41) is 3.37. The molecule has 116 valence electrons. The largest absolute Gasteiger partial charge is 0.375 e. The third-order valence-corrected chi connectivity index (χ3v) is 4.21. The Balaban J connectivity index is 1.77. The van der Waals surface area contributed by atoms with E-state index in [-0.39, 0.29) is 18.3 Å². The number of hydrogen-bond donors (Lipinski definition) is 1. The monoisotopic (exact) mass is 358 g/mol. The lowest BCUT2D eigenvalue weighted by Crippen LogP contribution is -2.45. The number of likely N-dealkylation sites (tertiary alicyclic amines) is 1. The maximum atomic E-state index is 13.7. The molecule has 1 aliphatic rings. The average molecular weight is 359 g/mol. The standard InChI is InChI=1S/C15H20BrFN2O2/c1-21-10-15(20)19-6-4-13(5-7-19)18-9-11-2-3-12(16)8-14(11)17/h2-3,8,13,18H,4-7,9-10H2,1H3. The lowest BCUT2D eigenvalue weighted by atomic mass is 10.0. The van der Waals surface area contributed by atoms with Gasteiger partial charge in [-0.1, -0.05) is 22.0 Å². The average Bonchev–Trinajstić information content (AvgIpc) is 2.47. The molecule has 2 rings (SSSR count). The normalized spacial score (nSPS) is 16.2. The van der Waals surface area contributed by atoms with E-state index in [1.54, 1.807) is 6.07 Å². The highest BCUT2D eigenvalue weighted by molar-refractivity contribution is 9.10. The second kappa shape index (κ2) is 7.87. The maximum absolute atomic E-state index is 13.7. The molecule has 0 radical (unpaired) electrons. The Morgan fingerprint density at radius 3 is 2.81 bits per heavy atom. The maximum Gasteiger partial charge on any atom is 0.248 e. The van der Waals surface area contributed by atoms with Crippen molar-refractivity contribution in [2.24, 2.45) is 0 Å². The van der Waals surface area contributed by atoms with E-state index in [4.69, 9.17) is 4.74 Å². The smallest absolute Gasteiger partial charge is 0.248 e. The van der Waals surface area contributed by atoms with Crippen molar-refractivity contribution in [1.82, 2.24) is 10.2 Å². The molecule has 1 fully saturated rings. The van der Waals surface area contributed by atoms with Crippen LogP contribution >= 0.6 is 15.9 Å². The summed E-state index contributed by atoms with van der Waals surface area (Å²) in [4.78, 5) is 13.5. The highest BCUT2D eigenvalue weighted by Gasteiger charge is 2.22. The summed E-state index contributed by atoms with van der Waals surface area (Å²) in [6.45, 7) is 2.10. The van der Waals surface area contributed by atoms with Crippen LogP contribution in [0.25, 0.3) is 0 Å². The van der Waals surface area contributed by atoms with Gasteiger partial charge in [0.15, 0.2) is 0 Å². The number of nitrogens with one attached hydrogen (secondary N) is 1. The van der Waals surface area contributed by atoms with E-state index < -0.39 is 0 Å². The van der Waals surface area contributed by atoms with Gasteiger partial charge in [0.25, 0.3) is 0 Å². The number of methoxy groups -OCH3 is 1. The third-order valence-electron chi connectivity index (χ3n) is 3.71. The molecule has 1 aromatic carbocycles. The first-order valence-corrected chi connectivity index (χ1v) is 7.83. The number of halogens is 2. The first-order valence-electron chi connectivity index (χ1n) is 7.04. The van der Waals surface area contributed by atoms with E-state index in [1.807, 2.05) is 11.0 Å². The summed E-state index contributed by atoms with van der Waals surface area (Å²) in [7, 11) is 1.53. The predicted molar refractivity (Wildman–Crippen MR) is 82.4 cm³/mol. The van der Waals surface area contributed by atoms with Crippen molar-refractivity contribution in [2.45, 2.75) is 25.4 Å². The van der Waals surface area contributed by atoms with Crippen LogP contribution in [0, 0.1) is 5.82 Å². The van der Waals surface area contributed by atoms with Crippen LogP contribution < -0.4 is 5.32 Å². The van der Waals surface area contributed by atoms with Gasteiger partial charge in [-0.15, -0.1) is 0 Å². The molecule has 0 saturated carbocycles. The minimum Gasteiger partial charge on any atom is -0.375 e. The molecule has 1 N–H and O–H groups in total. The Morgan fingerprint density at radius 2 is 2.19 bits per heavy atom. The topological polar surface area (TPSA) is 41.6 Å². The van der Waals surface area contributed by atoms with Crippen molar-refractivity contribution in [3.05, 3.63) is 34.1 Å². The molecule has 0 aromatic heterocycles. The van der Waals surface area contributed by atoms with Gasteiger partial charge in [0.2, 0.25) is 5.91 Å². The van der Waals surface area contributed by atoms with Crippen LogP contribution in [0.1, 0.15) is 18.4 Å². The molecule has 0 atom stereocenters. The number of carbonyl (C=O) groups is 1. The number of ether oxygens (including phenoxy) is 1. The van der Waals surface area contributed by atoms with Crippen molar-refractivity contribution >= 4 is 21.8 Å². The Morgan fingerprint density at radius 1 is 1.48 bits per heavy atom. The SMILES string of the molecule is COCC(=O)N1CCC(NCc2ccc(Br)cc2F)CC1. The summed E-state index contributed by atoms with van der Waals surface area (Å²) < 4.78 is 19.3. The molecule has 0 unspecified atom stereocenters. The van der Waals surface area contributed by atoms with E-state index >= 15 is 0 Å². The summed E-state index contributed by atoms with van der Waals surface area (Å²) in [6, 6.07) is 5.42. The molecule has 0 bridgehead atoms. The minimum atomic E-state index is -0.204. The number of carbonyl (C=O) groups excluding carboxylic acids is 1. The van der Waals surface area contributed by atoms with Gasteiger partial charge >= 0.3 is 0 Å². The highest BCUT2D eigenvalue weighted by Crippen LogP contribution is 2.16. The third kappa shape index (κ3) is 4.76. The molecular formula is C15H20BrFN2O2. The lowest BCUT2D eigenvalue weighted by molar-refractivity contribution is -0.136. The fourth-order valence-electron chi connectivity index (χ4n) is 2.47. The van der Waals surface area contributed by atoms with Gasteiger partial charge in [-0.3, -0.25) is 4.79 Å². The second-order valence-corrected chi connectivity index (χ2v) is 6.12. The fraction of sp³-hybridized carbons (Fsp3) is 0.533. The van der Waals surface area contributed by atoms with Crippen LogP contribution in [0.4, 0.5) is 4.39 Å². The number of benzene rings is 1. The van der Waals surface area contributed by atoms with Gasteiger partial charge in [0.05, 0.1) is 0 Å². The number of piperidine rings is 1. The molecule has 4 nitrogen and oxygen atoms in total. The van der Waals surface area contributed by atoms with Crippen molar-refractivity contribution in [1.29, 1.82) is 0 Å². The number of nitrogens with zero attached hydrogens (tertiary/aromatic N) is 1. The van der Waals surface area contributed by atoms with E-state index in [9.17, 15) is 9.18 Å². The van der Waals surface area contributed by atoms with Crippen molar-refractivity contribution in [3.63, 3.8) is 0 Å². The number of rotatable bonds is 5. The van der Waals surface area contributed by atoms with Gasteiger partial charge in [0, 0.05) is 42.8 Å². The molecule has 6 heteroatoms. The Kier molecular flexibility index (Phi) is 6.14. The van der Waals surface area contributed by atoms with Crippen LogP contribution in [0.5, 0.6) is 0 Å². The van der Waals surface area contributed by atoms with Crippen LogP contribution in [0.15, 0.2) is 22.7 Å². The predicted octanol–water partition coefficient (Wildman–Crippen LogP) is 2.32. The summed E-state index contributed by atoms with van der Waals surface area (Å²) in [6.07, 6.45) is 1.77. The number of hydrogen-bond acceptors (Lipinski definition) is 3. The molecule has 1 saturated heterocycles. The van der Waals surface area contributed by atoms with Crippen LogP contribution in [0.2, 0.25) is 0 Å². The summed E-state index contributed by atoms with van der Waals surface area (Å²) >= 11 is 3.25.